The van der Waals surface area contributed by atoms with Gasteiger partial charge in [-0.2, -0.15) is 16.9 Å². The van der Waals surface area contributed by atoms with Crippen LogP contribution in [-0.2, 0) is 4.79 Å². The molecule has 110 valence electrons. The van der Waals surface area contributed by atoms with Crippen LogP contribution in [0.25, 0.3) is 0 Å². The Kier molecular flexibility index (Phi) is 4.69. The summed E-state index contributed by atoms with van der Waals surface area (Å²) in [5.74, 6) is 0.721. The van der Waals surface area contributed by atoms with E-state index in [0.29, 0.717) is 18.0 Å². The maximum atomic E-state index is 12.5. The van der Waals surface area contributed by atoms with Crippen molar-refractivity contribution in [1.29, 1.82) is 0 Å². The van der Waals surface area contributed by atoms with Gasteiger partial charge in [-0.15, -0.1) is 0 Å². The topological polar surface area (TPSA) is 86.3 Å². The monoisotopic (exact) mass is 297 g/mol. The Morgan fingerprint density at radius 1 is 1.60 bits per heavy atom. The molecule has 20 heavy (non-hydrogen) atoms. The first-order valence-corrected chi connectivity index (χ1v) is 7.80. The van der Waals surface area contributed by atoms with Crippen molar-refractivity contribution < 1.29 is 14.7 Å². The van der Waals surface area contributed by atoms with Crippen LogP contribution < -0.4 is 0 Å². The molecule has 1 fully saturated rings. The molecule has 1 atom stereocenters. The van der Waals surface area contributed by atoms with Crippen molar-refractivity contribution in [2.75, 3.05) is 18.1 Å². The average molecular weight is 297 g/mol. The van der Waals surface area contributed by atoms with Gasteiger partial charge in [-0.3, -0.25) is 14.7 Å². The first-order chi connectivity index (χ1) is 9.49. The molecule has 2 N–H and O–H groups in total. The number of thioether (sulfide) groups is 1. The number of amides is 1. The van der Waals surface area contributed by atoms with Crippen LogP contribution in [0.4, 0.5) is 0 Å². The van der Waals surface area contributed by atoms with Gasteiger partial charge < -0.3 is 10.0 Å². The molecule has 2 rings (SSSR count). The number of hydrogen-bond donors (Lipinski definition) is 2. The summed E-state index contributed by atoms with van der Waals surface area (Å²) in [6, 6.07) is 1.50. The third kappa shape index (κ3) is 3.33. The fourth-order valence-electron chi connectivity index (χ4n) is 2.18. The number of nitrogens with zero attached hydrogens (tertiary/aromatic N) is 2. The summed E-state index contributed by atoms with van der Waals surface area (Å²) in [7, 11) is 0. The van der Waals surface area contributed by atoms with E-state index in [9.17, 15) is 9.59 Å². The molecule has 1 amide bonds. The Hall–Kier alpha value is -1.50. The van der Waals surface area contributed by atoms with Gasteiger partial charge in [0.15, 0.2) is 0 Å². The summed E-state index contributed by atoms with van der Waals surface area (Å²) in [6.07, 6.45) is -0.0137. The van der Waals surface area contributed by atoms with E-state index in [1.807, 2.05) is 13.8 Å². The largest absolute Gasteiger partial charge is 0.481 e. The van der Waals surface area contributed by atoms with Gasteiger partial charge in [-0.05, 0) is 12.0 Å². The zero-order chi connectivity index (χ0) is 14.7. The zero-order valence-corrected chi connectivity index (χ0v) is 12.4. The number of carbonyl (C=O) groups excluding carboxylic acids is 1. The fraction of sp³-hybridized carbons (Fsp3) is 0.615. The molecule has 1 aliphatic heterocycles. The standard InChI is InChI=1S/C13H19N3O3S/c1-8(2)10-6-11(15-14-10)13(19)16-3-4-20-7-9(16)5-12(17)18/h6,8-9H,3-5,7H2,1-2H3,(H,14,15)(H,17,18). The van der Waals surface area contributed by atoms with Crippen LogP contribution in [-0.4, -0.2) is 56.2 Å². The van der Waals surface area contributed by atoms with Gasteiger partial charge in [0.25, 0.3) is 5.91 Å². The van der Waals surface area contributed by atoms with Gasteiger partial charge in [-0.25, -0.2) is 0 Å². The van der Waals surface area contributed by atoms with Crippen molar-refractivity contribution in [3.05, 3.63) is 17.5 Å². The van der Waals surface area contributed by atoms with Crippen molar-refractivity contribution in [3.63, 3.8) is 0 Å². The number of hydrogen-bond acceptors (Lipinski definition) is 4. The van der Waals surface area contributed by atoms with Crippen LogP contribution >= 0.6 is 11.8 Å². The van der Waals surface area contributed by atoms with Gasteiger partial charge in [0.1, 0.15) is 5.69 Å². The van der Waals surface area contributed by atoms with Crippen LogP contribution in [0, 0.1) is 0 Å². The third-order valence-electron chi connectivity index (χ3n) is 3.34. The second kappa shape index (κ2) is 6.30. The maximum absolute atomic E-state index is 12.5. The summed E-state index contributed by atoms with van der Waals surface area (Å²) < 4.78 is 0. The number of H-pyrrole nitrogens is 1. The van der Waals surface area contributed by atoms with Crippen LogP contribution in [0.15, 0.2) is 6.07 Å². The predicted molar refractivity (Wildman–Crippen MR) is 77.1 cm³/mol. The van der Waals surface area contributed by atoms with Gasteiger partial charge in [0.05, 0.1) is 12.5 Å². The Labute approximate surface area is 121 Å². The van der Waals surface area contributed by atoms with Crippen LogP contribution in [0.3, 0.4) is 0 Å². The Balaban J connectivity index is 2.13. The molecule has 7 heteroatoms. The number of rotatable bonds is 4. The molecule has 0 bridgehead atoms. The number of aliphatic carboxylic acids is 1. The Bertz CT molecular complexity index is 501. The highest BCUT2D eigenvalue weighted by molar-refractivity contribution is 7.99. The molecule has 0 aromatic carbocycles. The predicted octanol–water partition coefficient (Wildman–Crippen LogP) is 1.57. The summed E-state index contributed by atoms with van der Waals surface area (Å²) in [5, 5.41) is 15.9. The molecule has 1 aliphatic rings. The lowest BCUT2D eigenvalue weighted by Gasteiger charge is -2.34. The quantitative estimate of drug-likeness (QED) is 0.881. The molecule has 6 nitrogen and oxygen atoms in total. The SMILES string of the molecule is CC(C)c1cc(C(=O)N2CCSCC2CC(=O)O)n[nH]1. The zero-order valence-electron chi connectivity index (χ0n) is 11.6. The molecule has 1 unspecified atom stereocenters. The van der Waals surface area contributed by atoms with Crippen molar-refractivity contribution in [3.8, 4) is 0 Å². The summed E-state index contributed by atoms with van der Waals surface area (Å²) in [5.41, 5.74) is 1.28. The summed E-state index contributed by atoms with van der Waals surface area (Å²) in [6.45, 7) is 4.62. The number of carbonyl (C=O) groups is 2. The molecule has 0 spiro atoms. The molecule has 1 aromatic heterocycles. The molecular weight excluding hydrogens is 278 g/mol. The third-order valence-corrected chi connectivity index (χ3v) is 4.43. The molecule has 1 saturated heterocycles. The van der Waals surface area contributed by atoms with E-state index >= 15 is 0 Å². The highest BCUT2D eigenvalue weighted by Crippen LogP contribution is 2.22. The minimum Gasteiger partial charge on any atom is -0.481 e. The highest BCUT2D eigenvalue weighted by atomic mass is 32.2. The smallest absolute Gasteiger partial charge is 0.305 e. The van der Waals surface area contributed by atoms with Crippen molar-refractivity contribution in [2.45, 2.75) is 32.2 Å². The number of aromatic amines is 1. The highest BCUT2D eigenvalue weighted by Gasteiger charge is 2.30. The number of aromatic nitrogens is 2. The second-order valence-corrected chi connectivity index (χ2v) is 6.34. The van der Waals surface area contributed by atoms with Gasteiger partial charge in [0, 0.05) is 23.7 Å². The minimum atomic E-state index is -0.875. The van der Waals surface area contributed by atoms with Gasteiger partial charge in [0.2, 0.25) is 0 Å². The van der Waals surface area contributed by atoms with E-state index in [4.69, 9.17) is 5.11 Å². The van der Waals surface area contributed by atoms with Crippen molar-refractivity contribution in [1.82, 2.24) is 15.1 Å². The lowest BCUT2D eigenvalue weighted by Crippen LogP contribution is -2.47. The van der Waals surface area contributed by atoms with E-state index in [1.165, 1.54) is 0 Å². The number of nitrogens with one attached hydrogen (secondary N) is 1. The lowest BCUT2D eigenvalue weighted by atomic mass is 10.1. The number of carboxylic acids is 1. The molecular formula is C13H19N3O3S. The van der Waals surface area contributed by atoms with Crippen molar-refractivity contribution in [2.24, 2.45) is 0 Å². The first kappa shape index (κ1) is 14.9. The average Bonchev–Trinajstić information content (AvgIpc) is 2.87. The first-order valence-electron chi connectivity index (χ1n) is 6.65. The fourth-order valence-corrected chi connectivity index (χ4v) is 3.24. The minimum absolute atomic E-state index is 0.0137. The Morgan fingerprint density at radius 2 is 2.35 bits per heavy atom. The lowest BCUT2D eigenvalue weighted by molar-refractivity contribution is -0.138. The van der Waals surface area contributed by atoms with Crippen LogP contribution in [0.5, 0.6) is 0 Å². The summed E-state index contributed by atoms with van der Waals surface area (Å²) >= 11 is 1.69. The maximum Gasteiger partial charge on any atom is 0.305 e. The van der Waals surface area contributed by atoms with Crippen molar-refractivity contribution >= 4 is 23.6 Å². The van der Waals surface area contributed by atoms with Crippen LogP contribution in [0.1, 0.15) is 42.4 Å². The number of carboxylic acid groups (broad SMARTS) is 1. The van der Waals surface area contributed by atoms with E-state index in [1.54, 1.807) is 22.7 Å². The molecule has 0 saturated carbocycles. The molecule has 0 aliphatic carbocycles. The molecule has 1 aromatic rings. The summed E-state index contributed by atoms with van der Waals surface area (Å²) in [4.78, 5) is 25.0. The van der Waals surface area contributed by atoms with Crippen LogP contribution in [0.2, 0.25) is 0 Å². The second-order valence-electron chi connectivity index (χ2n) is 5.19. The van der Waals surface area contributed by atoms with E-state index in [2.05, 4.69) is 10.2 Å². The van der Waals surface area contributed by atoms with E-state index in [-0.39, 0.29) is 24.3 Å². The van der Waals surface area contributed by atoms with Gasteiger partial charge >= 0.3 is 5.97 Å². The Morgan fingerprint density at radius 3 is 2.95 bits per heavy atom. The van der Waals surface area contributed by atoms with Gasteiger partial charge in [-0.1, -0.05) is 13.8 Å². The normalized spacial score (nSPS) is 19.4. The molecule has 0 radical (unpaired) electrons. The molecule has 2 heterocycles. The van der Waals surface area contributed by atoms with E-state index < -0.39 is 5.97 Å². The van der Waals surface area contributed by atoms with E-state index in [0.717, 1.165) is 11.4 Å².